The fraction of sp³-hybridized carbons (Fsp3) is 0.167. The molecule has 6 heteroatoms. The Labute approximate surface area is 139 Å². The van der Waals surface area contributed by atoms with Crippen molar-refractivity contribution in [2.75, 3.05) is 12.4 Å². The summed E-state index contributed by atoms with van der Waals surface area (Å²) in [6.07, 6.45) is -0.688. The third-order valence-corrected chi connectivity index (χ3v) is 3.27. The van der Waals surface area contributed by atoms with Crippen molar-refractivity contribution in [3.8, 4) is 0 Å². The molecule has 0 aliphatic rings. The third kappa shape index (κ3) is 4.42. The molecule has 0 bridgehead atoms. The van der Waals surface area contributed by atoms with Crippen LogP contribution >= 0.6 is 0 Å². The molecule has 0 aromatic heterocycles. The molecule has 0 spiro atoms. The number of hydrogen-bond acceptors (Lipinski definition) is 5. The molecular formula is C18H17NO5. The first-order valence-electron chi connectivity index (χ1n) is 7.22. The lowest BCUT2D eigenvalue weighted by molar-refractivity contribution is 0.0600. The monoisotopic (exact) mass is 327 g/mol. The highest BCUT2D eigenvalue weighted by Crippen LogP contribution is 2.19. The molecule has 0 saturated heterocycles. The SMILES string of the molecule is COC(=O)c1ccc(NC(=O)OCc2ccccc2)c(C(C)=O)c1. The molecule has 0 saturated carbocycles. The molecular weight excluding hydrogens is 310 g/mol. The highest BCUT2D eigenvalue weighted by molar-refractivity contribution is 6.04. The van der Waals surface area contributed by atoms with Crippen LogP contribution in [0.15, 0.2) is 48.5 Å². The Balaban J connectivity index is 2.09. The van der Waals surface area contributed by atoms with E-state index in [1.807, 2.05) is 30.3 Å². The molecule has 2 aromatic rings. The van der Waals surface area contributed by atoms with Gasteiger partial charge in [-0.2, -0.15) is 0 Å². The first-order chi connectivity index (χ1) is 11.5. The van der Waals surface area contributed by atoms with Gasteiger partial charge in [0.2, 0.25) is 0 Å². The molecule has 0 unspecified atom stereocenters. The average Bonchev–Trinajstić information content (AvgIpc) is 2.60. The second-order valence-corrected chi connectivity index (χ2v) is 4.99. The predicted molar refractivity (Wildman–Crippen MR) is 88.0 cm³/mol. The number of methoxy groups -OCH3 is 1. The summed E-state index contributed by atoms with van der Waals surface area (Å²) in [6.45, 7) is 1.46. The molecule has 24 heavy (non-hydrogen) atoms. The summed E-state index contributed by atoms with van der Waals surface area (Å²) in [4.78, 5) is 35.2. The zero-order chi connectivity index (χ0) is 17.5. The van der Waals surface area contributed by atoms with Crippen molar-refractivity contribution in [2.24, 2.45) is 0 Å². The molecule has 2 aromatic carbocycles. The Bertz CT molecular complexity index is 755. The molecule has 2 rings (SSSR count). The lowest BCUT2D eigenvalue weighted by atomic mass is 10.1. The largest absolute Gasteiger partial charge is 0.465 e. The summed E-state index contributed by atoms with van der Waals surface area (Å²) in [5.41, 5.74) is 1.55. The molecule has 0 heterocycles. The smallest absolute Gasteiger partial charge is 0.411 e. The molecule has 124 valence electrons. The maximum absolute atomic E-state index is 11.9. The van der Waals surface area contributed by atoms with E-state index >= 15 is 0 Å². The van der Waals surface area contributed by atoms with E-state index in [4.69, 9.17) is 4.74 Å². The third-order valence-electron chi connectivity index (χ3n) is 3.27. The maximum atomic E-state index is 11.9. The first-order valence-corrected chi connectivity index (χ1v) is 7.22. The van der Waals surface area contributed by atoms with Gasteiger partial charge in [0.05, 0.1) is 18.4 Å². The maximum Gasteiger partial charge on any atom is 0.411 e. The van der Waals surface area contributed by atoms with Crippen LogP contribution in [-0.4, -0.2) is 25.0 Å². The van der Waals surface area contributed by atoms with Gasteiger partial charge in [-0.1, -0.05) is 30.3 Å². The summed E-state index contributed by atoms with van der Waals surface area (Å²) in [7, 11) is 1.25. The minimum atomic E-state index is -0.688. The van der Waals surface area contributed by atoms with Crippen LogP contribution in [0.1, 0.15) is 33.2 Å². The van der Waals surface area contributed by atoms with Crippen molar-refractivity contribution in [2.45, 2.75) is 13.5 Å². The van der Waals surface area contributed by atoms with E-state index in [0.29, 0.717) is 0 Å². The van der Waals surface area contributed by atoms with Gasteiger partial charge in [-0.25, -0.2) is 9.59 Å². The van der Waals surface area contributed by atoms with E-state index < -0.39 is 12.1 Å². The Kier molecular flexibility index (Phi) is 5.68. The van der Waals surface area contributed by atoms with Gasteiger partial charge in [0.1, 0.15) is 6.61 Å². The predicted octanol–water partition coefficient (Wildman–Crippen LogP) is 3.42. The normalized spacial score (nSPS) is 9.92. The van der Waals surface area contributed by atoms with Gasteiger partial charge in [0, 0.05) is 5.56 Å². The van der Waals surface area contributed by atoms with Gasteiger partial charge in [-0.05, 0) is 30.7 Å². The zero-order valence-electron chi connectivity index (χ0n) is 13.4. The van der Waals surface area contributed by atoms with Crippen molar-refractivity contribution >= 4 is 23.5 Å². The second kappa shape index (κ2) is 7.92. The van der Waals surface area contributed by atoms with Gasteiger partial charge < -0.3 is 9.47 Å². The Morgan fingerprint density at radius 2 is 1.75 bits per heavy atom. The van der Waals surface area contributed by atoms with Crippen LogP contribution in [0.5, 0.6) is 0 Å². The molecule has 1 N–H and O–H groups in total. The highest BCUT2D eigenvalue weighted by atomic mass is 16.5. The number of hydrogen-bond donors (Lipinski definition) is 1. The minimum absolute atomic E-state index is 0.113. The van der Waals surface area contributed by atoms with E-state index in [2.05, 4.69) is 10.1 Å². The van der Waals surface area contributed by atoms with Crippen LogP contribution in [0, 0.1) is 0 Å². The lowest BCUT2D eigenvalue weighted by Crippen LogP contribution is -2.16. The van der Waals surface area contributed by atoms with Crippen molar-refractivity contribution in [1.82, 2.24) is 0 Å². The fourth-order valence-corrected chi connectivity index (χ4v) is 2.06. The number of benzene rings is 2. The van der Waals surface area contributed by atoms with E-state index in [1.165, 1.54) is 32.2 Å². The lowest BCUT2D eigenvalue weighted by Gasteiger charge is -2.11. The molecule has 0 aliphatic carbocycles. The standard InChI is InChI=1S/C18H17NO5/c1-12(20)15-10-14(17(21)23-2)8-9-16(15)19-18(22)24-11-13-6-4-3-5-7-13/h3-10H,11H2,1-2H3,(H,19,22). The van der Waals surface area contributed by atoms with Gasteiger partial charge in [0.15, 0.2) is 5.78 Å². The quantitative estimate of drug-likeness (QED) is 0.672. The summed E-state index contributed by atoms with van der Waals surface area (Å²) in [5, 5.41) is 2.51. The van der Waals surface area contributed by atoms with Gasteiger partial charge in [-0.3, -0.25) is 10.1 Å². The summed E-state index contributed by atoms with van der Waals surface area (Å²) in [5.74, 6) is -0.852. The number of carbonyl (C=O) groups is 3. The van der Waals surface area contributed by atoms with Gasteiger partial charge >= 0.3 is 12.1 Å². The molecule has 0 fully saturated rings. The molecule has 0 aliphatic heterocycles. The van der Waals surface area contributed by atoms with Crippen molar-refractivity contribution in [1.29, 1.82) is 0 Å². The molecule has 6 nitrogen and oxygen atoms in total. The molecule has 0 atom stereocenters. The van der Waals surface area contributed by atoms with E-state index in [9.17, 15) is 14.4 Å². The van der Waals surface area contributed by atoms with Gasteiger partial charge in [-0.15, -0.1) is 0 Å². The number of Topliss-reactive ketones (excluding diaryl/α,β-unsaturated/α-hetero) is 1. The van der Waals surface area contributed by atoms with Crippen molar-refractivity contribution in [3.63, 3.8) is 0 Å². The summed E-state index contributed by atoms with van der Waals surface area (Å²) < 4.78 is 9.73. The van der Waals surface area contributed by atoms with Gasteiger partial charge in [0.25, 0.3) is 0 Å². The number of esters is 1. The number of rotatable bonds is 5. The van der Waals surface area contributed by atoms with Crippen molar-refractivity contribution in [3.05, 3.63) is 65.2 Å². The molecule has 0 radical (unpaired) electrons. The van der Waals surface area contributed by atoms with Crippen LogP contribution in [-0.2, 0) is 16.1 Å². The highest BCUT2D eigenvalue weighted by Gasteiger charge is 2.15. The van der Waals surface area contributed by atoms with E-state index in [0.717, 1.165) is 5.56 Å². The van der Waals surface area contributed by atoms with Crippen LogP contribution in [0.2, 0.25) is 0 Å². The number of anilines is 1. The van der Waals surface area contributed by atoms with E-state index in [1.54, 1.807) is 0 Å². The van der Waals surface area contributed by atoms with Crippen LogP contribution in [0.25, 0.3) is 0 Å². The summed E-state index contributed by atoms with van der Waals surface area (Å²) in [6, 6.07) is 13.5. The average molecular weight is 327 g/mol. The number of ether oxygens (including phenoxy) is 2. The number of ketones is 1. The zero-order valence-corrected chi connectivity index (χ0v) is 13.4. The summed E-state index contributed by atoms with van der Waals surface area (Å²) >= 11 is 0. The first kappa shape index (κ1) is 17.2. The topological polar surface area (TPSA) is 81.7 Å². The Hall–Kier alpha value is -3.15. The van der Waals surface area contributed by atoms with Crippen LogP contribution < -0.4 is 5.32 Å². The Morgan fingerprint density at radius 3 is 2.38 bits per heavy atom. The fourth-order valence-electron chi connectivity index (χ4n) is 2.06. The van der Waals surface area contributed by atoms with Crippen LogP contribution in [0.3, 0.4) is 0 Å². The number of carbonyl (C=O) groups excluding carboxylic acids is 3. The Morgan fingerprint density at radius 1 is 1.04 bits per heavy atom. The number of amides is 1. The van der Waals surface area contributed by atoms with E-state index in [-0.39, 0.29) is 29.2 Å². The van der Waals surface area contributed by atoms with Crippen molar-refractivity contribution < 1.29 is 23.9 Å². The second-order valence-electron chi connectivity index (χ2n) is 4.99. The van der Waals surface area contributed by atoms with Crippen LogP contribution in [0.4, 0.5) is 10.5 Å². The minimum Gasteiger partial charge on any atom is -0.465 e. The number of nitrogens with one attached hydrogen (secondary N) is 1. The molecule has 1 amide bonds.